The molecular weight excluding hydrogens is 214 g/mol. The molecule has 0 bridgehead atoms. The van der Waals surface area contributed by atoms with Crippen LogP contribution in [0.25, 0.3) is 0 Å². The van der Waals surface area contributed by atoms with Crippen LogP contribution in [-0.4, -0.2) is 10.9 Å². The third-order valence-electron chi connectivity index (χ3n) is 2.53. The molecule has 0 atom stereocenters. The highest BCUT2D eigenvalue weighted by Gasteiger charge is 2.10. The lowest BCUT2D eigenvalue weighted by Crippen LogP contribution is -2.14. The predicted octanol–water partition coefficient (Wildman–Crippen LogP) is 2.22. The van der Waals surface area contributed by atoms with Crippen molar-refractivity contribution in [2.24, 2.45) is 0 Å². The van der Waals surface area contributed by atoms with Crippen molar-refractivity contribution in [3.63, 3.8) is 0 Å². The van der Waals surface area contributed by atoms with Crippen LogP contribution in [0, 0.1) is 6.92 Å². The molecule has 0 unspecified atom stereocenters. The summed E-state index contributed by atoms with van der Waals surface area (Å²) in [5.41, 5.74) is 7.71. The highest BCUT2D eigenvalue weighted by Crippen LogP contribution is 2.16. The first-order chi connectivity index (χ1) is 8.18. The minimum Gasteiger partial charge on any atom is -0.398 e. The van der Waals surface area contributed by atoms with Crippen LogP contribution in [-0.2, 0) is 0 Å². The Labute approximate surface area is 99.5 Å². The number of pyridine rings is 1. The zero-order chi connectivity index (χ0) is 12.3. The maximum atomic E-state index is 12.0. The van der Waals surface area contributed by atoms with E-state index in [4.69, 9.17) is 5.73 Å². The first kappa shape index (κ1) is 11.1. The fourth-order valence-corrected chi connectivity index (χ4v) is 1.52. The standard InChI is InChI=1S/C13H13N3O/c1-9-10(5-4-6-11(9)14)13(17)16-12-7-2-3-8-15-12/h2-8H,14H2,1H3,(H,15,16,17). The van der Waals surface area contributed by atoms with E-state index < -0.39 is 0 Å². The van der Waals surface area contributed by atoms with Crippen LogP contribution in [0.3, 0.4) is 0 Å². The predicted molar refractivity (Wildman–Crippen MR) is 67.8 cm³/mol. The molecule has 0 fully saturated rings. The fourth-order valence-electron chi connectivity index (χ4n) is 1.52. The lowest BCUT2D eigenvalue weighted by atomic mass is 10.1. The summed E-state index contributed by atoms with van der Waals surface area (Å²) in [6, 6.07) is 10.6. The van der Waals surface area contributed by atoms with Crippen LogP contribution >= 0.6 is 0 Å². The van der Waals surface area contributed by atoms with Crippen molar-refractivity contribution in [3.8, 4) is 0 Å². The van der Waals surface area contributed by atoms with Gasteiger partial charge in [-0.2, -0.15) is 0 Å². The molecule has 0 aliphatic carbocycles. The van der Waals surface area contributed by atoms with E-state index in [0.717, 1.165) is 5.56 Å². The Bertz CT molecular complexity index is 538. The van der Waals surface area contributed by atoms with Crippen molar-refractivity contribution >= 4 is 17.4 Å². The second kappa shape index (κ2) is 4.65. The van der Waals surface area contributed by atoms with Gasteiger partial charge in [0.1, 0.15) is 5.82 Å². The number of rotatable bonds is 2. The molecule has 0 saturated carbocycles. The van der Waals surface area contributed by atoms with Gasteiger partial charge in [0.15, 0.2) is 0 Å². The molecule has 2 aromatic rings. The third kappa shape index (κ3) is 2.42. The molecular formula is C13H13N3O. The first-order valence-electron chi connectivity index (χ1n) is 5.26. The molecule has 1 amide bonds. The van der Waals surface area contributed by atoms with Crippen molar-refractivity contribution in [3.05, 3.63) is 53.7 Å². The summed E-state index contributed by atoms with van der Waals surface area (Å²) < 4.78 is 0. The van der Waals surface area contributed by atoms with Crippen molar-refractivity contribution in [1.29, 1.82) is 0 Å². The number of anilines is 2. The highest BCUT2D eigenvalue weighted by atomic mass is 16.1. The minimum atomic E-state index is -0.200. The summed E-state index contributed by atoms with van der Waals surface area (Å²) in [5.74, 6) is 0.327. The maximum Gasteiger partial charge on any atom is 0.257 e. The van der Waals surface area contributed by atoms with E-state index in [1.54, 1.807) is 36.5 Å². The summed E-state index contributed by atoms with van der Waals surface area (Å²) in [6.07, 6.45) is 1.63. The number of aromatic nitrogens is 1. The normalized spacial score (nSPS) is 9.94. The van der Waals surface area contributed by atoms with Gasteiger partial charge in [0.05, 0.1) is 0 Å². The van der Waals surface area contributed by atoms with E-state index in [1.807, 2.05) is 13.0 Å². The number of nitrogen functional groups attached to an aromatic ring is 1. The van der Waals surface area contributed by atoms with E-state index in [0.29, 0.717) is 17.1 Å². The quantitative estimate of drug-likeness (QED) is 0.773. The van der Waals surface area contributed by atoms with Gasteiger partial charge in [-0.3, -0.25) is 4.79 Å². The Morgan fingerprint density at radius 3 is 2.76 bits per heavy atom. The molecule has 4 nitrogen and oxygen atoms in total. The van der Waals surface area contributed by atoms with Gasteiger partial charge in [0.25, 0.3) is 5.91 Å². The summed E-state index contributed by atoms with van der Waals surface area (Å²) in [7, 11) is 0. The number of carbonyl (C=O) groups excluding carboxylic acids is 1. The molecule has 17 heavy (non-hydrogen) atoms. The van der Waals surface area contributed by atoms with E-state index in [1.165, 1.54) is 0 Å². The first-order valence-corrected chi connectivity index (χ1v) is 5.26. The van der Waals surface area contributed by atoms with Crippen molar-refractivity contribution in [2.75, 3.05) is 11.1 Å². The molecule has 1 aromatic carbocycles. The van der Waals surface area contributed by atoms with Crippen LogP contribution in [0.1, 0.15) is 15.9 Å². The Balaban J connectivity index is 2.24. The van der Waals surface area contributed by atoms with Crippen LogP contribution < -0.4 is 11.1 Å². The summed E-state index contributed by atoms with van der Waals surface area (Å²) >= 11 is 0. The van der Waals surface area contributed by atoms with Crippen molar-refractivity contribution < 1.29 is 4.79 Å². The Morgan fingerprint density at radius 1 is 1.24 bits per heavy atom. The Kier molecular flexibility index (Phi) is 3.05. The molecule has 4 heteroatoms. The molecule has 0 aliphatic rings. The van der Waals surface area contributed by atoms with Gasteiger partial charge in [-0.1, -0.05) is 12.1 Å². The van der Waals surface area contributed by atoms with Crippen molar-refractivity contribution in [2.45, 2.75) is 6.92 Å². The maximum absolute atomic E-state index is 12.0. The average molecular weight is 227 g/mol. The van der Waals surface area contributed by atoms with E-state index in [-0.39, 0.29) is 5.91 Å². The highest BCUT2D eigenvalue weighted by molar-refractivity contribution is 6.05. The van der Waals surface area contributed by atoms with Gasteiger partial charge in [-0.15, -0.1) is 0 Å². The largest absolute Gasteiger partial charge is 0.398 e. The molecule has 1 aromatic heterocycles. The summed E-state index contributed by atoms with van der Waals surface area (Å²) in [6.45, 7) is 1.82. The zero-order valence-corrected chi connectivity index (χ0v) is 9.47. The van der Waals surface area contributed by atoms with Crippen LogP contribution in [0.5, 0.6) is 0 Å². The van der Waals surface area contributed by atoms with Crippen LogP contribution in [0.2, 0.25) is 0 Å². The monoisotopic (exact) mass is 227 g/mol. The number of nitrogens with two attached hydrogens (primary N) is 1. The Morgan fingerprint density at radius 2 is 2.06 bits per heavy atom. The number of nitrogens with one attached hydrogen (secondary N) is 1. The molecule has 86 valence electrons. The number of benzene rings is 1. The van der Waals surface area contributed by atoms with Gasteiger partial charge in [-0.25, -0.2) is 4.98 Å². The van der Waals surface area contributed by atoms with E-state index in [9.17, 15) is 4.79 Å². The van der Waals surface area contributed by atoms with Crippen molar-refractivity contribution in [1.82, 2.24) is 4.98 Å². The van der Waals surface area contributed by atoms with Gasteiger partial charge in [0, 0.05) is 17.4 Å². The molecule has 0 saturated heterocycles. The molecule has 0 aliphatic heterocycles. The summed E-state index contributed by atoms with van der Waals surface area (Å²) in [4.78, 5) is 16.0. The average Bonchev–Trinajstić information content (AvgIpc) is 2.34. The number of amides is 1. The molecule has 0 spiro atoms. The number of carbonyl (C=O) groups is 1. The molecule has 0 radical (unpaired) electrons. The smallest absolute Gasteiger partial charge is 0.257 e. The van der Waals surface area contributed by atoms with Gasteiger partial charge >= 0.3 is 0 Å². The van der Waals surface area contributed by atoms with E-state index >= 15 is 0 Å². The van der Waals surface area contributed by atoms with Gasteiger partial charge in [-0.05, 0) is 36.8 Å². The zero-order valence-electron chi connectivity index (χ0n) is 9.47. The molecule has 1 heterocycles. The lowest BCUT2D eigenvalue weighted by Gasteiger charge is -2.08. The fraction of sp³-hybridized carbons (Fsp3) is 0.0769. The van der Waals surface area contributed by atoms with Gasteiger partial charge < -0.3 is 11.1 Å². The van der Waals surface area contributed by atoms with Crippen LogP contribution in [0.4, 0.5) is 11.5 Å². The second-order valence-electron chi connectivity index (χ2n) is 3.69. The molecule has 2 rings (SSSR count). The second-order valence-corrected chi connectivity index (χ2v) is 3.69. The SMILES string of the molecule is Cc1c(N)cccc1C(=O)Nc1ccccn1. The number of nitrogens with zero attached hydrogens (tertiary/aromatic N) is 1. The van der Waals surface area contributed by atoms with E-state index in [2.05, 4.69) is 10.3 Å². The summed E-state index contributed by atoms with van der Waals surface area (Å²) in [5, 5.41) is 2.72. The Hall–Kier alpha value is -2.36. The number of hydrogen-bond acceptors (Lipinski definition) is 3. The topological polar surface area (TPSA) is 68.0 Å². The van der Waals surface area contributed by atoms with Crippen LogP contribution in [0.15, 0.2) is 42.6 Å². The number of hydrogen-bond donors (Lipinski definition) is 2. The van der Waals surface area contributed by atoms with Gasteiger partial charge in [0.2, 0.25) is 0 Å². The lowest BCUT2D eigenvalue weighted by molar-refractivity contribution is 0.102. The minimum absolute atomic E-state index is 0.200. The third-order valence-corrected chi connectivity index (χ3v) is 2.53. The molecule has 3 N–H and O–H groups in total.